The molecule has 0 fully saturated rings. The summed E-state index contributed by atoms with van der Waals surface area (Å²) < 4.78 is 2.54. The molecule has 46 heavy (non-hydrogen) atoms. The van der Waals surface area contributed by atoms with Crippen LogP contribution in [0.25, 0.3) is 55.6 Å². The quantitative estimate of drug-likeness (QED) is 0.205. The van der Waals surface area contributed by atoms with Crippen LogP contribution >= 0.6 is 0 Å². The van der Waals surface area contributed by atoms with Crippen LogP contribution in [0.4, 0.5) is 11.6 Å². The molecular formula is C42H30N4. The van der Waals surface area contributed by atoms with Crippen LogP contribution in [0, 0.1) is 0 Å². The lowest BCUT2D eigenvalue weighted by Gasteiger charge is -2.28. The van der Waals surface area contributed by atoms with Gasteiger partial charge in [-0.15, -0.1) is 0 Å². The van der Waals surface area contributed by atoms with E-state index in [1.54, 1.807) is 0 Å². The highest BCUT2D eigenvalue weighted by Crippen LogP contribution is 2.56. The van der Waals surface area contributed by atoms with Crippen molar-refractivity contribution in [2.24, 2.45) is 0 Å². The Morgan fingerprint density at radius 2 is 1.39 bits per heavy atom. The molecule has 0 saturated carbocycles. The van der Waals surface area contributed by atoms with Crippen molar-refractivity contribution in [3.63, 3.8) is 0 Å². The van der Waals surface area contributed by atoms with Crippen molar-refractivity contribution < 1.29 is 0 Å². The second kappa shape index (κ2) is 9.88. The molecule has 0 radical (unpaired) electrons. The smallest absolute Gasteiger partial charge is 0.231 e. The summed E-state index contributed by atoms with van der Waals surface area (Å²) in [5.74, 6) is 0.899. The summed E-state index contributed by atoms with van der Waals surface area (Å²) >= 11 is 0. The molecule has 0 spiro atoms. The van der Waals surface area contributed by atoms with Crippen molar-refractivity contribution in [3.8, 4) is 16.9 Å². The second-order valence-corrected chi connectivity index (χ2v) is 12.4. The fourth-order valence-electron chi connectivity index (χ4n) is 8.10. The Labute approximate surface area is 267 Å². The van der Waals surface area contributed by atoms with Crippen LogP contribution in [0.1, 0.15) is 29.2 Å². The predicted molar refractivity (Wildman–Crippen MR) is 190 cm³/mol. The minimum absolute atomic E-state index is 0.0575. The number of rotatable bonds is 3. The molecular weight excluding hydrogens is 560 g/mol. The molecule has 2 atom stereocenters. The number of allylic oxidation sites excluding steroid dienone is 3. The zero-order chi connectivity index (χ0) is 30.2. The molecule has 0 bridgehead atoms. The SMILES string of the molecule is C1=CC2c3c(c4ccccc4c4c3c3c(n4-c4ccccc4)CCC=C3)N(c3nc(-c4ccccc4)c4ccccc4n3)C2C=C1. The Morgan fingerprint density at radius 1 is 0.674 bits per heavy atom. The van der Waals surface area contributed by atoms with Crippen LogP contribution in [0.2, 0.25) is 0 Å². The minimum Gasteiger partial charge on any atom is -0.312 e. The van der Waals surface area contributed by atoms with E-state index in [0.29, 0.717) is 0 Å². The van der Waals surface area contributed by atoms with E-state index in [-0.39, 0.29) is 12.0 Å². The molecule has 2 unspecified atom stereocenters. The van der Waals surface area contributed by atoms with E-state index in [1.807, 2.05) is 0 Å². The normalized spacial score (nSPS) is 18.0. The first-order valence-corrected chi connectivity index (χ1v) is 16.2. The van der Waals surface area contributed by atoms with Gasteiger partial charge in [0.1, 0.15) is 0 Å². The molecule has 218 valence electrons. The highest BCUT2D eigenvalue weighted by molar-refractivity contribution is 6.19. The Kier molecular flexibility index (Phi) is 5.49. The van der Waals surface area contributed by atoms with E-state index >= 15 is 0 Å². The number of aromatic nitrogens is 3. The maximum atomic E-state index is 5.41. The van der Waals surface area contributed by atoms with Crippen LogP contribution in [0.15, 0.2) is 140 Å². The Balaban J connectivity index is 1.35. The van der Waals surface area contributed by atoms with Gasteiger partial charge in [0.15, 0.2) is 0 Å². The third-order valence-electron chi connectivity index (χ3n) is 9.95. The van der Waals surface area contributed by atoms with Crippen LogP contribution in [0.3, 0.4) is 0 Å². The highest BCUT2D eigenvalue weighted by atomic mass is 15.3. The summed E-state index contributed by atoms with van der Waals surface area (Å²) in [4.78, 5) is 13.1. The fraction of sp³-hybridized carbons (Fsp3) is 0.0952. The Morgan fingerprint density at radius 3 is 2.24 bits per heavy atom. The van der Waals surface area contributed by atoms with E-state index in [2.05, 4.69) is 155 Å². The van der Waals surface area contributed by atoms with Crippen molar-refractivity contribution in [1.82, 2.24) is 14.5 Å². The van der Waals surface area contributed by atoms with E-state index in [1.165, 1.54) is 49.9 Å². The standard InChI is InChI=1S/C42H30N4/c1-3-15-27(16-4-1)39-31-21-9-12-24-34(31)43-42(44-39)46-36-26-14-11-23-33(36)38-37-32-22-10-13-25-35(32)45(28-17-5-2-6-18-28)40(37)29-19-7-8-20-30(29)41(38)46/h1-12,14-24,26,33,36H,13,25H2. The number of hydrogen-bond donors (Lipinski definition) is 0. The lowest BCUT2D eigenvalue weighted by molar-refractivity contribution is 0.734. The maximum absolute atomic E-state index is 5.41. The molecule has 0 amide bonds. The number of para-hydroxylation sites is 2. The average Bonchev–Trinajstić information content (AvgIpc) is 3.66. The molecule has 2 aromatic heterocycles. The first kappa shape index (κ1) is 25.6. The highest BCUT2D eigenvalue weighted by Gasteiger charge is 2.43. The molecule has 5 aromatic carbocycles. The van der Waals surface area contributed by atoms with Gasteiger partial charge in [0.25, 0.3) is 0 Å². The first-order chi connectivity index (χ1) is 22.9. The van der Waals surface area contributed by atoms with Gasteiger partial charge >= 0.3 is 0 Å². The van der Waals surface area contributed by atoms with E-state index in [9.17, 15) is 0 Å². The van der Waals surface area contributed by atoms with Gasteiger partial charge in [0, 0.05) is 50.0 Å². The summed E-state index contributed by atoms with van der Waals surface area (Å²) in [6, 6.07) is 38.8. The zero-order valence-electron chi connectivity index (χ0n) is 25.2. The van der Waals surface area contributed by atoms with Crippen LogP contribution < -0.4 is 4.90 Å². The summed E-state index contributed by atoms with van der Waals surface area (Å²) in [6.45, 7) is 0. The van der Waals surface area contributed by atoms with Crippen LogP contribution in [-0.4, -0.2) is 20.6 Å². The number of fused-ring (bicyclic) bond motifs is 11. The predicted octanol–water partition coefficient (Wildman–Crippen LogP) is 10.1. The summed E-state index contributed by atoms with van der Waals surface area (Å²) in [5.41, 5.74) is 10.8. The van der Waals surface area contributed by atoms with Crippen molar-refractivity contribution in [1.29, 1.82) is 0 Å². The van der Waals surface area contributed by atoms with E-state index in [0.717, 1.165) is 41.0 Å². The number of nitrogens with zero attached hydrogens (tertiary/aromatic N) is 4. The number of anilines is 2. The van der Waals surface area contributed by atoms with Gasteiger partial charge in [-0.05, 0) is 36.6 Å². The van der Waals surface area contributed by atoms with Crippen LogP contribution in [0.5, 0.6) is 0 Å². The van der Waals surface area contributed by atoms with E-state index < -0.39 is 0 Å². The third kappa shape index (κ3) is 3.55. The number of hydrogen-bond acceptors (Lipinski definition) is 3. The average molecular weight is 591 g/mol. The first-order valence-electron chi connectivity index (χ1n) is 16.2. The topological polar surface area (TPSA) is 34.0 Å². The Hall–Kier alpha value is -5.74. The van der Waals surface area contributed by atoms with Crippen molar-refractivity contribution >= 4 is 50.3 Å². The summed E-state index contributed by atoms with van der Waals surface area (Å²) in [6.07, 6.45) is 15.9. The zero-order valence-corrected chi connectivity index (χ0v) is 25.2. The molecule has 3 aliphatic rings. The minimum atomic E-state index is 0.0575. The number of benzene rings is 5. The molecule has 3 heterocycles. The van der Waals surface area contributed by atoms with Crippen molar-refractivity contribution in [3.05, 3.63) is 156 Å². The molecule has 7 aromatic rings. The fourth-order valence-corrected chi connectivity index (χ4v) is 8.10. The lowest BCUT2D eigenvalue weighted by atomic mass is 9.86. The molecule has 4 nitrogen and oxygen atoms in total. The van der Waals surface area contributed by atoms with Gasteiger partial charge in [-0.3, -0.25) is 0 Å². The van der Waals surface area contributed by atoms with Crippen molar-refractivity contribution in [2.45, 2.75) is 24.8 Å². The molecule has 1 aliphatic heterocycles. The van der Waals surface area contributed by atoms with Crippen molar-refractivity contribution in [2.75, 3.05) is 4.90 Å². The van der Waals surface area contributed by atoms with Gasteiger partial charge in [0.05, 0.1) is 28.5 Å². The summed E-state index contributed by atoms with van der Waals surface area (Å²) in [5, 5.41) is 4.90. The molecule has 2 aliphatic carbocycles. The Bertz CT molecular complexity index is 2430. The largest absolute Gasteiger partial charge is 0.312 e. The summed E-state index contributed by atoms with van der Waals surface area (Å²) in [7, 11) is 0. The molecule has 4 heteroatoms. The molecule has 0 saturated heterocycles. The van der Waals surface area contributed by atoms with Crippen LogP contribution in [-0.2, 0) is 6.42 Å². The molecule has 10 rings (SSSR count). The lowest BCUT2D eigenvalue weighted by Crippen LogP contribution is -2.30. The van der Waals surface area contributed by atoms with Gasteiger partial charge < -0.3 is 9.47 Å². The second-order valence-electron chi connectivity index (χ2n) is 12.4. The van der Waals surface area contributed by atoms with Gasteiger partial charge in [-0.1, -0.05) is 127 Å². The van der Waals surface area contributed by atoms with E-state index in [4.69, 9.17) is 9.97 Å². The molecule has 0 N–H and O–H groups in total. The van der Waals surface area contributed by atoms with Gasteiger partial charge in [0.2, 0.25) is 5.95 Å². The monoisotopic (exact) mass is 590 g/mol. The van der Waals surface area contributed by atoms with Gasteiger partial charge in [-0.2, -0.15) is 0 Å². The third-order valence-corrected chi connectivity index (χ3v) is 9.95. The van der Waals surface area contributed by atoms with Gasteiger partial charge in [-0.25, -0.2) is 9.97 Å². The maximum Gasteiger partial charge on any atom is 0.231 e.